The third-order valence-corrected chi connectivity index (χ3v) is 2.92. The molecule has 2 unspecified atom stereocenters. The third kappa shape index (κ3) is 4.54. The van der Waals surface area contributed by atoms with Crippen LogP contribution in [0, 0.1) is 0 Å². The van der Waals surface area contributed by atoms with E-state index in [1.807, 2.05) is 0 Å². The van der Waals surface area contributed by atoms with Crippen LogP contribution in [0.2, 0.25) is 0 Å². The summed E-state index contributed by atoms with van der Waals surface area (Å²) in [7, 11) is 0. The van der Waals surface area contributed by atoms with Crippen molar-refractivity contribution in [1.82, 2.24) is 4.98 Å². The number of hydrogen-bond acceptors (Lipinski definition) is 5. The minimum absolute atomic E-state index is 0.0434. The van der Waals surface area contributed by atoms with E-state index < -0.39 is 48.6 Å². The number of nitrogens with zero attached hydrogens (tertiary/aromatic N) is 1. The van der Waals surface area contributed by atoms with Gasteiger partial charge in [-0.2, -0.15) is 0 Å². The smallest absolute Gasteiger partial charge is 0.313 e. The molecule has 22 heavy (non-hydrogen) atoms. The van der Waals surface area contributed by atoms with E-state index in [-0.39, 0.29) is 11.3 Å². The predicted octanol–water partition coefficient (Wildman–Crippen LogP) is 0.367. The van der Waals surface area contributed by atoms with Gasteiger partial charge in [0, 0.05) is 6.20 Å². The molecule has 0 saturated heterocycles. The van der Waals surface area contributed by atoms with Gasteiger partial charge in [0.05, 0.1) is 24.5 Å². The van der Waals surface area contributed by atoms with Crippen LogP contribution in [0.25, 0.3) is 0 Å². The second-order valence-electron chi connectivity index (χ2n) is 4.49. The summed E-state index contributed by atoms with van der Waals surface area (Å²) in [5, 5.41) is 35.3. The molecule has 0 aliphatic rings. The molecule has 0 spiro atoms. The number of hydrogen-bond donors (Lipinski definition) is 4. The average molecular weight is 311 g/mol. The number of carbonyl (C=O) groups is 4. The first-order chi connectivity index (χ1) is 10.2. The lowest BCUT2D eigenvalue weighted by Crippen LogP contribution is -2.19. The van der Waals surface area contributed by atoms with Gasteiger partial charge in [0.1, 0.15) is 5.92 Å². The monoisotopic (exact) mass is 311 g/mol. The van der Waals surface area contributed by atoms with E-state index in [2.05, 4.69) is 4.98 Å². The average Bonchev–Trinajstić information content (AvgIpc) is 2.41. The molecule has 0 aromatic carbocycles. The molecule has 9 nitrogen and oxygen atoms in total. The molecule has 4 N–H and O–H groups in total. The number of pyridine rings is 1. The topological polar surface area (TPSA) is 162 Å². The fourth-order valence-electron chi connectivity index (χ4n) is 1.84. The molecule has 1 aromatic heterocycles. The highest BCUT2D eigenvalue weighted by atomic mass is 16.4. The summed E-state index contributed by atoms with van der Waals surface area (Å²) in [5.41, 5.74) is 0.0521. The van der Waals surface area contributed by atoms with Gasteiger partial charge in [-0.15, -0.1) is 0 Å². The van der Waals surface area contributed by atoms with Crippen molar-refractivity contribution in [2.75, 3.05) is 0 Å². The summed E-state index contributed by atoms with van der Waals surface area (Å²) < 4.78 is 0. The van der Waals surface area contributed by atoms with Gasteiger partial charge in [0.15, 0.2) is 0 Å². The highest BCUT2D eigenvalue weighted by Crippen LogP contribution is 2.23. The minimum atomic E-state index is -1.37. The summed E-state index contributed by atoms with van der Waals surface area (Å²) in [5.74, 6) is -8.02. The van der Waals surface area contributed by atoms with Crippen molar-refractivity contribution in [3.63, 3.8) is 0 Å². The predicted molar refractivity (Wildman–Crippen MR) is 69.5 cm³/mol. The number of carboxylic acids is 4. The normalized spacial score (nSPS) is 13.1. The number of aliphatic carboxylic acids is 4. The van der Waals surface area contributed by atoms with Crippen molar-refractivity contribution in [3.05, 3.63) is 29.6 Å². The molecular formula is C13H13NO8. The third-order valence-electron chi connectivity index (χ3n) is 2.92. The maximum atomic E-state index is 11.0. The molecule has 1 heterocycles. The lowest BCUT2D eigenvalue weighted by atomic mass is 9.95. The second kappa shape index (κ2) is 7.16. The van der Waals surface area contributed by atoms with E-state index in [1.165, 1.54) is 12.1 Å². The highest BCUT2D eigenvalue weighted by Gasteiger charge is 2.27. The maximum absolute atomic E-state index is 11.0. The van der Waals surface area contributed by atoms with Crippen LogP contribution < -0.4 is 0 Å². The van der Waals surface area contributed by atoms with E-state index in [1.54, 1.807) is 0 Å². The lowest BCUT2D eigenvalue weighted by Gasteiger charge is -2.13. The van der Waals surface area contributed by atoms with Crippen molar-refractivity contribution in [2.45, 2.75) is 24.7 Å². The zero-order valence-corrected chi connectivity index (χ0v) is 11.2. The molecule has 0 fully saturated rings. The number of rotatable bonds is 8. The van der Waals surface area contributed by atoms with Crippen molar-refractivity contribution in [2.24, 2.45) is 0 Å². The summed E-state index contributed by atoms with van der Waals surface area (Å²) in [6.45, 7) is 0. The van der Waals surface area contributed by atoms with Gasteiger partial charge in [-0.25, -0.2) is 0 Å². The van der Waals surface area contributed by atoms with Crippen LogP contribution in [0.15, 0.2) is 18.3 Å². The molecule has 9 heteroatoms. The molecule has 1 aromatic rings. The Kier molecular flexibility index (Phi) is 5.56. The summed E-state index contributed by atoms with van der Waals surface area (Å²) in [6.07, 6.45) is -0.262. The fraction of sp³-hybridized carbons (Fsp3) is 0.308. The van der Waals surface area contributed by atoms with Crippen LogP contribution in [0.3, 0.4) is 0 Å². The Balaban J connectivity index is 3.05. The van der Waals surface area contributed by atoms with Crippen LogP contribution in [0.1, 0.15) is 35.9 Å². The fourth-order valence-corrected chi connectivity index (χ4v) is 1.84. The first kappa shape index (κ1) is 17.1. The largest absolute Gasteiger partial charge is 0.481 e. The van der Waals surface area contributed by atoms with Crippen molar-refractivity contribution >= 4 is 23.9 Å². The molecule has 0 aliphatic heterocycles. The Morgan fingerprint density at radius 2 is 1.36 bits per heavy atom. The van der Waals surface area contributed by atoms with Gasteiger partial charge in [0.25, 0.3) is 0 Å². The van der Waals surface area contributed by atoms with Gasteiger partial charge in [-0.05, 0) is 11.6 Å². The Morgan fingerprint density at radius 1 is 0.864 bits per heavy atom. The highest BCUT2D eigenvalue weighted by molar-refractivity contribution is 5.83. The quantitative estimate of drug-likeness (QED) is 0.531. The Hall–Kier alpha value is -2.97. The van der Waals surface area contributed by atoms with Crippen LogP contribution >= 0.6 is 0 Å². The van der Waals surface area contributed by atoms with E-state index in [9.17, 15) is 19.2 Å². The van der Waals surface area contributed by atoms with E-state index >= 15 is 0 Å². The lowest BCUT2D eigenvalue weighted by molar-refractivity contribution is -0.145. The molecule has 118 valence electrons. The van der Waals surface area contributed by atoms with Gasteiger partial charge in [-0.1, -0.05) is 6.07 Å². The molecule has 0 saturated carbocycles. The summed E-state index contributed by atoms with van der Waals surface area (Å²) in [6, 6.07) is 2.43. The molecule has 0 radical (unpaired) electrons. The molecule has 1 rings (SSSR count). The van der Waals surface area contributed by atoms with Crippen LogP contribution in [0.5, 0.6) is 0 Å². The Bertz CT molecular complexity index is 542. The second-order valence-corrected chi connectivity index (χ2v) is 4.49. The van der Waals surface area contributed by atoms with Crippen LogP contribution in [-0.2, 0) is 19.2 Å². The Labute approximate surface area is 123 Å². The van der Waals surface area contributed by atoms with Gasteiger partial charge in [0.2, 0.25) is 0 Å². The van der Waals surface area contributed by atoms with E-state index in [0.717, 1.165) is 6.20 Å². The van der Waals surface area contributed by atoms with Crippen molar-refractivity contribution in [3.8, 4) is 0 Å². The first-order valence-electron chi connectivity index (χ1n) is 6.07. The molecular weight excluding hydrogens is 298 g/mol. The number of carboxylic acid groups (broad SMARTS) is 4. The molecule has 0 aliphatic carbocycles. The van der Waals surface area contributed by atoms with Gasteiger partial charge < -0.3 is 20.4 Å². The van der Waals surface area contributed by atoms with Crippen molar-refractivity contribution in [1.29, 1.82) is 0 Å². The molecule has 0 amide bonds. The maximum Gasteiger partial charge on any atom is 0.313 e. The summed E-state index contributed by atoms with van der Waals surface area (Å²) in [4.78, 5) is 47.1. The first-order valence-corrected chi connectivity index (χ1v) is 6.07. The standard InChI is InChI=1S/C13H13NO8/c15-10(16)3-7(12(19)20)6-1-2-9(14-5-6)8(13(21)22)4-11(17)18/h1-2,5,7-8H,3-4H2,(H,15,16)(H,17,18)(H,19,20)(H,21,22). The van der Waals surface area contributed by atoms with Gasteiger partial charge in [-0.3, -0.25) is 24.2 Å². The zero-order chi connectivity index (χ0) is 16.9. The van der Waals surface area contributed by atoms with Crippen LogP contribution in [0.4, 0.5) is 0 Å². The summed E-state index contributed by atoms with van der Waals surface area (Å²) >= 11 is 0. The van der Waals surface area contributed by atoms with Gasteiger partial charge >= 0.3 is 23.9 Å². The Morgan fingerprint density at radius 3 is 1.73 bits per heavy atom. The number of aromatic nitrogens is 1. The van der Waals surface area contributed by atoms with Crippen LogP contribution in [-0.4, -0.2) is 49.3 Å². The molecule has 2 atom stereocenters. The molecule has 0 bridgehead atoms. The minimum Gasteiger partial charge on any atom is -0.481 e. The van der Waals surface area contributed by atoms with E-state index in [0.29, 0.717) is 0 Å². The zero-order valence-electron chi connectivity index (χ0n) is 11.2. The SMILES string of the molecule is O=C(O)CC(C(=O)O)c1ccc(C(CC(=O)O)C(=O)O)nc1. The van der Waals surface area contributed by atoms with E-state index in [4.69, 9.17) is 20.4 Å². The van der Waals surface area contributed by atoms with Crippen molar-refractivity contribution < 1.29 is 39.6 Å².